The molecule has 0 bridgehead atoms. The molecule has 0 saturated carbocycles. The zero-order valence-electron chi connectivity index (χ0n) is 14.8. The number of aliphatic hydroxyl groups is 1. The predicted octanol–water partition coefficient (Wildman–Crippen LogP) is 0.159. The van der Waals surface area contributed by atoms with E-state index in [9.17, 15) is 5.11 Å². The van der Waals surface area contributed by atoms with E-state index in [0.29, 0.717) is 5.96 Å². The average Bonchev–Trinajstić information content (AvgIpc) is 3.14. The van der Waals surface area contributed by atoms with Crippen molar-refractivity contribution in [3.8, 4) is 0 Å². The molecule has 2 heterocycles. The minimum absolute atomic E-state index is 0.251. The van der Waals surface area contributed by atoms with Crippen LogP contribution >= 0.6 is 0 Å². The Kier molecular flexibility index (Phi) is 5.97. The minimum Gasteiger partial charge on any atom is -0.383 e. The second-order valence-electron chi connectivity index (χ2n) is 6.07. The van der Waals surface area contributed by atoms with Gasteiger partial charge in [-0.2, -0.15) is 10.2 Å². The highest BCUT2D eigenvalue weighted by Gasteiger charge is 2.24. The number of nitrogens with zero attached hydrogens (tertiary/aromatic N) is 5. The SMILES string of the molecule is CCNC(=NCC(C)(O)c1cnn(C)c1)NCCc1cnn(C)c1. The fourth-order valence-electron chi connectivity index (χ4n) is 2.29. The first-order valence-electron chi connectivity index (χ1n) is 8.12. The number of aromatic nitrogens is 4. The Balaban J connectivity index is 1.91. The lowest BCUT2D eigenvalue weighted by Gasteiger charge is -2.20. The van der Waals surface area contributed by atoms with Crippen LogP contribution in [0.15, 0.2) is 29.8 Å². The van der Waals surface area contributed by atoms with Crippen LogP contribution in [-0.4, -0.2) is 50.3 Å². The Bertz CT molecular complexity index is 672. The Hall–Kier alpha value is -2.35. The molecule has 0 aliphatic carbocycles. The van der Waals surface area contributed by atoms with Crippen LogP contribution in [-0.2, 0) is 26.1 Å². The molecule has 132 valence electrons. The van der Waals surface area contributed by atoms with Crippen LogP contribution < -0.4 is 10.6 Å². The molecule has 0 radical (unpaired) electrons. The summed E-state index contributed by atoms with van der Waals surface area (Å²) in [7, 11) is 3.73. The van der Waals surface area contributed by atoms with Gasteiger partial charge in [0.2, 0.25) is 0 Å². The monoisotopic (exact) mass is 333 g/mol. The van der Waals surface area contributed by atoms with E-state index in [-0.39, 0.29) is 6.54 Å². The molecular formula is C16H27N7O. The first-order valence-corrected chi connectivity index (χ1v) is 8.12. The number of nitrogens with one attached hydrogen (secondary N) is 2. The lowest BCUT2D eigenvalue weighted by molar-refractivity contribution is 0.0672. The van der Waals surface area contributed by atoms with E-state index in [4.69, 9.17) is 0 Å². The number of hydrogen-bond acceptors (Lipinski definition) is 4. The van der Waals surface area contributed by atoms with E-state index in [0.717, 1.165) is 25.1 Å². The molecule has 0 aliphatic rings. The van der Waals surface area contributed by atoms with Gasteiger partial charge >= 0.3 is 0 Å². The second-order valence-corrected chi connectivity index (χ2v) is 6.07. The third-order valence-electron chi connectivity index (χ3n) is 3.68. The Morgan fingerprint density at radius 2 is 1.92 bits per heavy atom. The van der Waals surface area contributed by atoms with Crippen molar-refractivity contribution in [3.05, 3.63) is 35.9 Å². The van der Waals surface area contributed by atoms with Gasteiger partial charge in [-0.15, -0.1) is 0 Å². The molecule has 8 nitrogen and oxygen atoms in total. The first kappa shape index (κ1) is 18.0. The van der Waals surface area contributed by atoms with Crippen molar-refractivity contribution in [2.24, 2.45) is 19.1 Å². The maximum atomic E-state index is 10.6. The second kappa shape index (κ2) is 7.96. The summed E-state index contributed by atoms with van der Waals surface area (Å²) in [6, 6.07) is 0. The molecule has 8 heteroatoms. The Morgan fingerprint density at radius 3 is 2.50 bits per heavy atom. The molecular weight excluding hydrogens is 306 g/mol. The molecule has 0 spiro atoms. The van der Waals surface area contributed by atoms with Gasteiger partial charge in [-0.3, -0.25) is 9.36 Å². The summed E-state index contributed by atoms with van der Waals surface area (Å²) in [5, 5.41) is 25.3. The van der Waals surface area contributed by atoms with Crippen molar-refractivity contribution in [1.29, 1.82) is 0 Å². The highest BCUT2D eigenvalue weighted by atomic mass is 16.3. The minimum atomic E-state index is -1.06. The lowest BCUT2D eigenvalue weighted by atomic mass is 10.0. The quantitative estimate of drug-likeness (QED) is 0.496. The van der Waals surface area contributed by atoms with Gasteiger partial charge in [-0.1, -0.05) is 0 Å². The summed E-state index contributed by atoms with van der Waals surface area (Å²) in [6.07, 6.45) is 8.19. The summed E-state index contributed by atoms with van der Waals surface area (Å²) >= 11 is 0. The van der Waals surface area contributed by atoms with E-state index in [1.807, 2.05) is 33.4 Å². The van der Waals surface area contributed by atoms with Crippen LogP contribution in [0.4, 0.5) is 0 Å². The summed E-state index contributed by atoms with van der Waals surface area (Å²) in [5.41, 5.74) is 0.864. The molecule has 1 unspecified atom stereocenters. The molecule has 1 atom stereocenters. The van der Waals surface area contributed by atoms with Crippen LogP contribution in [0.3, 0.4) is 0 Å². The van der Waals surface area contributed by atoms with Gasteiger partial charge in [-0.25, -0.2) is 4.99 Å². The number of hydrogen-bond donors (Lipinski definition) is 3. The normalized spacial score (nSPS) is 14.5. The molecule has 0 amide bonds. The Morgan fingerprint density at radius 1 is 1.21 bits per heavy atom. The van der Waals surface area contributed by atoms with Gasteiger partial charge in [0.15, 0.2) is 5.96 Å². The predicted molar refractivity (Wildman–Crippen MR) is 93.7 cm³/mol. The molecule has 2 rings (SSSR count). The number of aliphatic imine (C=N–C) groups is 1. The fraction of sp³-hybridized carbons (Fsp3) is 0.562. The largest absolute Gasteiger partial charge is 0.383 e. The zero-order chi connectivity index (χ0) is 17.6. The van der Waals surface area contributed by atoms with Crippen molar-refractivity contribution in [3.63, 3.8) is 0 Å². The molecule has 0 aliphatic heterocycles. The van der Waals surface area contributed by atoms with Crippen LogP contribution in [0, 0.1) is 0 Å². The maximum Gasteiger partial charge on any atom is 0.191 e. The standard InChI is InChI=1S/C16H27N7O/c1-5-17-15(18-7-6-13-8-20-22(3)10-13)19-12-16(2,24)14-9-21-23(4)11-14/h8-11,24H,5-7,12H2,1-4H3,(H2,17,18,19). The van der Waals surface area contributed by atoms with E-state index in [1.165, 1.54) is 5.56 Å². The fourth-order valence-corrected chi connectivity index (χ4v) is 2.29. The van der Waals surface area contributed by atoms with E-state index in [1.54, 1.807) is 28.7 Å². The molecule has 0 saturated heterocycles. The van der Waals surface area contributed by atoms with Gasteiger partial charge in [0.1, 0.15) is 5.60 Å². The Labute approximate surface area is 142 Å². The van der Waals surface area contributed by atoms with Crippen LogP contribution in [0.25, 0.3) is 0 Å². The number of aryl methyl sites for hydroxylation is 2. The van der Waals surface area contributed by atoms with Crippen LogP contribution in [0.1, 0.15) is 25.0 Å². The van der Waals surface area contributed by atoms with Gasteiger partial charge in [0, 0.05) is 45.1 Å². The topological polar surface area (TPSA) is 92.3 Å². The molecule has 0 fully saturated rings. The van der Waals surface area contributed by atoms with E-state index >= 15 is 0 Å². The van der Waals surface area contributed by atoms with E-state index in [2.05, 4.69) is 25.8 Å². The van der Waals surface area contributed by atoms with Gasteiger partial charge in [0.05, 0.1) is 18.9 Å². The zero-order valence-corrected chi connectivity index (χ0v) is 14.8. The van der Waals surface area contributed by atoms with Gasteiger partial charge in [0.25, 0.3) is 0 Å². The smallest absolute Gasteiger partial charge is 0.191 e. The van der Waals surface area contributed by atoms with Crippen LogP contribution in [0.2, 0.25) is 0 Å². The summed E-state index contributed by atoms with van der Waals surface area (Å²) < 4.78 is 3.46. The van der Waals surface area contributed by atoms with Crippen molar-refractivity contribution in [2.45, 2.75) is 25.9 Å². The highest BCUT2D eigenvalue weighted by Crippen LogP contribution is 2.19. The molecule has 2 aromatic heterocycles. The summed E-state index contributed by atoms with van der Waals surface area (Å²) in [6.45, 7) is 5.51. The third-order valence-corrected chi connectivity index (χ3v) is 3.68. The highest BCUT2D eigenvalue weighted by molar-refractivity contribution is 5.79. The average molecular weight is 333 g/mol. The third kappa shape index (κ3) is 5.09. The van der Waals surface area contributed by atoms with Crippen LogP contribution in [0.5, 0.6) is 0 Å². The van der Waals surface area contributed by atoms with E-state index < -0.39 is 5.60 Å². The summed E-state index contributed by atoms with van der Waals surface area (Å²) in [5.74, 6) is 0.686. The molecule has 0 aromatic carbocycles. The molecule has 24 heavy (non-hydrogen) atoms. The van der Waals surface area contributed by atoms with Crippen molar-refractivity contribution >= 4 is 5.96 Å². The van der Waals surface area contributed by atoms with Crippen molar-refractivity contribution in [1.82, 2.24) is 30.2 Å². The lowest BCUT2D eigenvalue weighted by Crippen LogP contribution is -2.39. The maximum absolute atomic E-state index is 10.6. The van der Waals surface area contributed by atoms with Gasteiger partial charge < -0.3 is 15.7 Å². The first-order chi connectivity index (χ1) is 11.4. The number of guanidine groups is 1. The molecule has 2 aromatic rings. The molecule has 3 N–H and O–H groups in total. The number of rotatable bonds is 7. The summed E-state index contributed by atoms with van der Waals surface area (Å²) in [4.78, 5) is 4.49. The van der Waals surface area contributed by atoms with Gasteiger partial charge in [-0.05, 0) is 25.8 Å². The van der Waals surface area contributed by atoms with Crippen molar-refractivity contribution in [2.75, 3.05) is 19.6 Å². The van der Waals surface area contributed by atoms with Crippen molar-refractivity contribution < 1.29 is 5.11 Å².